The normalized spacial score (nSPS) is 18.2. The van der Waals surface area contributed by atoms with Crippen LogP contribution in [0, 0.1) is 0 Å². The number of halogens is 1. The molecule has 2 unspecified atom stereocenters. The Morgan fingerprint density at radius 3 is 2.65 bits per heavy atom. The summed E-state index contributed by atoms with van der Waals surface area (Å²) in [6.07, 6.45) is 3.23. The van der Waals surface area contributed by atoms with Crippen LogP contribution in [0.2, 0.25) is 0 Å². The summed E-state index contributed by atoms with van der Waals surface area (Å²) in [4.78, 5) is 0. The molecule has 1 aliphatic rings. The second-order valence-electron chi connectivity index (χ2n) is 5.49. The molecule has 2 aromatic carbocycles. The Morgan fingerprint density at radius 1 is 1.15 bits per heavy atom. The molecule has 0 fully saturated rings. The van der Waals surface area contributed by atoms with Crippen molar-refractivity contribution in [2.45, 2.75) is 31.2 Å². The Bertz CT molecular complexity index is 597. The van der Waals surface area contributed by atoms with E-state index >= 15 is 0 Å². The van der Waals surface area contributed by atoms with Gasteiger partial charge in [0.05, 0.1) is 0 Å². The number of fused-ring (bicyclic) bond motifs is 1. The van der Waals surface area contributed by atoms with Gasteiger partial charge in [-0.15, -0.1) is 0 Å². The summed E-state index contributed by atoms with van der Waals surface area (Å²) in [5, 5.41) is 0. The van der Waals surface area contributed by atoms with Gasteiger partial charge in [0, 0.05) is 10.5 Å². The molecule has 0 amide bonds. The van der Waals surface area contributed by atoms with Crippen LogP contribution in [-0.2, 0) is 12.8 Å². The lowest BCUT2D eigenvalue weighted by Gasteiger charge is -2.33. The lowest BCUT2D eigenvalue weighted by molar-refractivity contribution is 0.421. The third-order valence-electron chi connectivity index (χ3n) is 4.19. The van der Waals surface area contributed by atoms with Crippen molar-refractivity contribution in [3.05, 3.63) is 69.7 Å². The van der Waals surface area contributed by atoms with Crippen LogP contribution in [0.3, 0.4) is 0 Å². The molecular weight excluding hydrogens is 312 g/mol. The van der Waals surface area contributed by atoms with Gasteiger partial charge in [-0.25, -0.2) is 0 Å². The molecule has 2 aromatic rings. The van der Waals surface area contributed by atoms with Crippen molar-refractivity contribution >= 4 is 15.9 Å². The van der Waals surface area contributed by atoms with Gasteiger partial charge in [-0.3, -0.25) is 11.3 Å². The molecule has 0 aliphatic heterocycles. The summed E-state index contributed by atoms with van der Waals surface area (Å²) in [5.41, 5.74) is 7.29. The second kappa shape index (κ2) is 6.08. The number of nitrogens with two attached hydrogens (primary N) is 1. The van der Waals surface area contributed by atoms with E-state index in [1.165, 1.54) is 23.1 Å². The van der Waals surface area contributed by atoms with Crippen molar-refractivity contribution < 1.29 is 0 Å². The predicted octanol–water partition coefficient (Wildman–Crippen LogP) is 3.55. The average molecular weight is 331 g/mol. The van der Waals surface area contributed by atoms with Gasteiger partial charge in [0.1, 0.15) is 0 Å². The first kappa shape index (κ1) is 13.8. The van der Waals surface area contributed by atoms with E-state index < -0.39 is 0 Å². The topological polar surface area (TPSA) is 38.0 Å². The highest BCUT2D eigenvalue weighted by Gasteiger charge is 2.27. The van der Waals surface area contributed by atoms with Gasteiger partial charge >= 0.3 is 0 Å². The molecule has 0 aromatic heterocycles. The van der Waals surface area contributed by atoms with E-state index in [1.807, 2.05) is 6.07 Å². The van der Waals surface area contributed by atoms with Gasteiger partial charge in [-0.2, -0.15) is 0 Å². The molecule has 0 heterocycles. The largest absolute Gasteiger partial charge is 0.271 e. The summed E-state index contributed by atoms with van der Waals surface area (Å²) in [6.45, 7) is 0. The quantitative estimate of drug-likeness (QED) is 0.649. The maximum Gasteiger partial charge on any atom is 0.0257 e. The van der Waals surface area contributed by atoms with Gasteiger partial charge in [0.2, 0.25) is 0 Å². The molecule has 0 radical (unpaired) electrons. The van der Waals surface area contributed by atoms with Crippen LogP contribution in [-0.4, -0.2) is 6.04 Å². The smallest absolute Gasteiger partial charge is 0.0257 e. The highest BCUT2D eigenvalue weighted by atomic mass is 79.9. The molecule has 3 rings (SSSR count). The molecule has 2 nitrogen and oxygen atoms in total. The molecule has 20 heavy (non-hydrogen) atoms. The molecule has 3 N–H and O–H groups in total. The zero-order chi connectivity index (χ0) is 13.9. The summed E-state index contributed by atoms with van der Waals surface area (Å²) in [5.74, 6) is 6.40. The lowest BCUT2D eigenvalue weighted by atomic mass is 9.74. The maximum atomic E-state index is 5.75. The molecule has 1 aliphatic carbocycles. The summed E-state index contributed by atoms with van der Waals surface area (Å²) in [6, 6.07) is 17.4. The summed E-state index contributed by atoms with van der Waals surface area (Å²) < 4.78 is 1.16. The Labute approximate surface area is 128 Å². The molecule has 0 bridgehead atoms. The molecular formula is C17H19BrN2. The van der Waals surface area contributed by atoms with Crippen molar-refractivity contribution in [2.75, 3.05) is 0 Å². The first-order chi connectivity index (χ1) is 9.78. The standard InChI is InChI=1S/C17H19BrN2/c18-17-8-4-2-6-13(17)10-15(20-19)11-14-9-12-5-1-3-7-16(12)14/h1-8,14-15,20H,9-11,19H2. The monoisotopic (exact) mass is 330 g/mol. The van der Waals surface area contributed by atoms with E-state index in [-0.39, 0.29) is 0 Å². The fourth-order valence-corrected chi connectivity index (χ4v) is 3.50. The summed E-state index contributed by atoms with van der Waals surface area (Å²) >= 11 is 3.61. The highest BCUT2D eigenvalue weighted by Crippen LogP contribution is 2.38. The Hall–Kier alpha value is -1.16. The molecule has 0 spiro atoms. The lowest BCUT2D eigenvalue weighted by Crippen LogP contribution is -2.39. The zero-order valence-electron chi connectivity index (χ0n) is 11.4. The number of hydrogen-bond acceptors (Lipinski definition) is 2. The minimum Gasteiger partial charge on any atom is -0.271 e. The van der Waals surface area contributed by atoms with Crippen molar-refractivity contribution in [1.29, 1.82) is 0 Å². The minimum atomic E-state index is 0.312. The number of benzene rings is 2. The minimum absolute atomic E-state index is 0.312. The number of hydrogen-bond donors (Lipinski definition) is 2. The molecule has 2 atom stereocenters. The second-order valence-corrected chi connectivity index (χ2v) is 6.35. The highest BCUT2D eigenvalue weighted by molar-refractivity contribution is 9.10. The number of hydrazine groups is 1. The fourth-order valence-electron chi connectivity index (χ4n) is 3.06. The van der Waals surface area contributed by atoms with Crippen molar-refractivity contribution in [3.63, 3.8) is 0 Å². The molecule has 0 saturated heterocycles. The van der Waals surface area contributed by atoms with Crippen LogP contribution in [0.4, 0.5) is 0 Å². The van der Waals surface area contributed by atoms with E-state index in [1.54, 1.807) is 0 Å². The average Bonchev–Trinajstić information content (AvgIpc) is 2.45. The third-order valence-corrected chi connectivity index (χ3v) is 4.96. The van der Waals surface area contributed by atoms with Gasteiger partial charge in [0.15, 0.2) is 0 Å². The van der Waals surface area contributed by atoms with Crippen LogP contribution in [0.25, 0.3) is 0 Å². The first-order valence-electron chi connectivity index (χ1n) is 7.05. The molecule has 0 saturated carbocycles. The van der Waals surface area contributed by atoms with Crippen molar-refractivity contribution in [2.24, 2.45) is 5.84 Å². The Kier molecular flexibility index (Phi) is 4.20. The Balaban J connectivity index is 1.66. The number of nitrogens with one attached hydrogen (secondary N) is 1. The predicted molar refractivity (Wildman–Crippen MR) is 86.5 cm³/mol. The molecule has 3 heteroatoms. The first-order valence-corrected chi connectivity index (χ1v) is 7.84. The van der Waals surface area contributed by atoms with Crippen molar-refractivity contribution in [3.8, 4) is 0 Å². The van der Waals surface area contributed by atoms with Crippen LogP contribution in [0.1, 0.15) is 29.0 Å². The van der Waals surface area contributed by atoms with E-state index in [2.05, 4.69) is 63.8 Å². The third kappa shape index (κ3) is 2.80. The van der Waals surface area contributed by atoms with Crippen LogP contribution in [0.5, 0.6) is 0 Å². The fraction of sp³-hybridized carbons (Fsp3) is 0.294. The maximum absolute atomic E-state index is 5.75. The van der Waals surface area contributed by atoms with E-state index in [0.717, 1.165) is 17.3 Å². The van der Waals surface area contributed by atoms with Gasteiger partial charge < -0.3 is 0 Å². The van der Waals surface area contributed by atoms with Crippen molar-refractivity contribution in [1.82, 2.24) is 5.43 Å². The zero-order valence-corrected chi connectivity index (χ0v) is 12.9. The summed E-state index contributed by atoms with van der Waals surface area (Å²) in [7, 11) is 0. The van der Waals surface area contributed by atoms with Gasteiger partial charge in [0.25, 0.3) is 0 Å². The Morgan fingerprint density at radius 2 is 1.90 bits per heavy atom. The van der Waals surface area contributed by atoms with E-state index in [9.17, 15) is 0 Å². The van der Waals surface area contributed by atoms with Crippen LogP contribution in [0.15, 0.2) is 53.0 Å². The SMILES string of the molecule is NNC(Cc1ccccc1Br)CC1Cc2ccccc21. The number of rotatable bonds is 5. The van der Waals surface area contributed by atoms with E-state index in [0.29, 0.717) is 12.0 Å². The van der Waals surface area contributed by atoms with Crippen LogP contribution >= 0.6 is 15.9 Å². The van der Waals surface area contributed by atoms with Gasteiger partial charge in [-0.05, 0) is 47.9 Å². The van der Waals surface area contributed by atoms with Gasteiger partial charge in [-0.1, -0.05) is 58.4 Å². The molecule has 104 valence electrons. The van der Waals surface area contributed by atoms with Crippen LogP contribution < -0.4 is 11.3 Å². The van der Waals surface area contributed by atoms with E-state index in [4.69, 9.17) is 5.84 Å².